The smallest absolute Gasteiger partial charge is 0.413 e. The maximum Gasteiger partial charge on any atom is 0.413 e. The number of ether oxygens (including phenoxy) is 1. The van der Waals surface area contributed by atoms with Gasteiger partial charge >= 0.3 is 12.1 Å². The number of aromatic nitrogens is 1. The lowest BCUT2D eigenvalue weighted by Gasteiger charge is -2.14. The molecule has 0 spiro atoms. The number of benzene rings is 2. The van der Waals surface area contributed by atoms with E-state index in [1.54, 1.807) is 0 Å². The van der Waals surface area contributed by atoms with Crippen molar-refractivity contribution in [3.05, 3.63) is 83.4 Å². The van der Waals surface area contributed by atoms with Crippen molar-refractivity contribution in [2.45, 2.75) is 18.4 Å². The SMILES string of the molecule is C=CCC(NC(=O)c1cnc(NC(=O)OCC2c3ccccc3-c3ccccc32)s1)C(=O)O. The summed E-state index contributed by atoms with van der Waals surface area (Å²) in [5.41, 5.74) is 4.47. The van der Waals surface area contributed by atoms with Gasteiger partial charge in [-0.2, -0.15) is 0 Å². The molecule has 1 heterocycles. The van der Waals surface area contributed by atoms with E-state index in [-0.39, 0.29) is 29.0 Å². The summed E-state index contributed by atoms with van der Waals surface area (Å²) < 4.78 is 5.47. The molecule has 0 bridgehead atoms. The quantitative estimate of drug-likeness (QED) is 0.430. The van der Waals surface area contributed by atoms with Crippen LogP contribution < -0.4 is 10.6 Å². The normalized spacial score (nSPS) is 12.8. The lowest BCUT2D eigenvalue weighted by atomic mass is 9.98. The first-order valence-corrected chi connectivity index (χ1v) is 11.0. The summed E-state index contributed by atoms with van der Waals surface area (Å²) in [5, 5.41) is 14.2. The summed E-state index contributed by atoms with van der Waals surface area (Å²) in [6, 6.07) is 15.0. The molecule has 1 unspecified atom stereocenters. The largest absolute Gasteiger partial charge is 0.480 e. The standard InChI is InChI=1S/C24H21N3O5S/c1-2-7-19(22(29)30)26-21(28)20-12-25-23(33-20)27-24(31)32-13-18-16-10-5-3-8-14(16)15-9-4-6-11-17(15)18/h2-6,8-12,18-19H,1,7,13H2,(H,26,28)(H,29,30)(H,25,27,31). The summed E-state index contributed by atoms with van der Waals surface area (Å²) in [5.74, 6) is -1.83. The molecule has 2 amide bonds. The van der Waals surface area contributed by atoms with Crippen LogP contribution in [0.15, 0.2) is 67.4 Å². The number of nitrogens with zero attached hydrogens (tertiary/aromatic N) is 1. The van der Waals surface area contributed by atoms with E-state index in [0.29, 0.717) is 0 Å². The number of nitrogens with one attached hydrogen (secondary N) is 2. The Balaban J connectivity index is 1.37. The fraction of sp³-hybridized carbons (Fsp3) is 0.167. The van der Waals surface area contributed by atoms with E-state index in [4.69, 9.17) is 9.84 Å². The number of rotatable bonds is 8. The number of carbonyl (C=O) groups is 3. The van der Waals surface area contributed by atoms with E-state index in [9.17, 15) is 14.4 Å². The van der Waals surface area contributed by atoms with Crippen LogP contribution in [0, 0.1) is 0 Å². The van der Waals surface area contributed by atoms with Crippen LogP contribution in [0.3, 0.4) is 0 Å². The molecule has 168 valence electrons. The maximum atomic E-state index is 12.4. The summed E-state index contributed by atoms with van der Waals surface area (Å²) in [6.07, 6.45) is 2.08. The molecule has 4 rings (SSSR count). The minimum atomic E-state index is -1.16. The second-order valence-corrected chi connectivity index (χ2v) is 8.40. The molecule has 3 aromatic rings. The molecule has 0 fully saturated rings. The zero-order chi connectivity index (χ0) is 23.4. The lowest BCUT2D eigenvalue weighted by molar-refractivity contribution is -0.139. The molecule has 1 aliphatic carbocycles. The van der Waals surface area contributed by atoms with Crippen molar-refractivity contribution in [2.24, 2.45) is 0 Å². The van der Waals surface area contributed by atoms with Gasteiger partial charge in [-0.05, 0) is 28.7 Å². The Kier molecular flexibility index (Phi) is 6.50. The molecular formula is C24H21N3O5S. The van der Waals surface area contributed by atoms with Gasteiger partial charge in [0.25, 0.3) is 5.91 Å². The van der Waals surface area contributed by atoms with Gasteiger partial charge in [-0.3, -0.25) is 10.1 Å². The van der Waals surface area contributed by atoms with Crippen LogP contribution >= 0.6 is 11.3 Å². The predicted octanol–water partition coefficient (Wildman–Crippen LogP) is 4.26. The highest BCUT2D eigenvalue weighted by Gasteiger charge is 2.29. The Labute approximate surface area is 193 Å². The van der Waals surface area contributed by atoms with E-state index < -0.39 is 24.0 Å². The summed E-state index contributed by atoms with van der Waals surface area (Å²) >= 11 is 0.922. The lowest BCUT2D eigenvalue weighted by Crippen LogP contribution is -2.40. The molecule has 0 saturated heterocycles. The number of carbonyl (C=O) groups excluding carboxylic acids is 2. The number of hydrogen-bond acceptors (Lipinski definition) is 6. The maximum absolute atomic E-state index is 12.4. The van der Waals surface area contributed by atoms with Gasteiger partial charge in [0.2, 0.25) is 0 Å². The van der Waals surface area contributed by atoms with Crippen molar-refractivity contribution < 1.29 is 24.2 Å². The zero-order valence-electron chi connectivity index (χ0n) is 17.5. The number of anilines is 1. The van der Waals surface area contributed by atoms with Crippen LogP contribution in [0.2, 0.25) is 0 Å². The Hall–Kier alpha value is -3.98. The second kappa shape index (κ2) is 9.66. The zero-order valence-corrected chi connectivity index (χ0v) is 18.3. The summed E-state index contributed by atoms with van der Waals surface area (Å²) in [7, 11) is 0. The number of carboxylic acids is 1. The predicted molar refractivity (Wildman–Crippen MR) is 125 cm³/mol. The number of carboxylic acid groups (broad SMARTS) is 1. The Bertz CT molecular complexity index is 1180. The first kappa shape index (κ1) is 22.2. The molecular weight excluding hydrogens is 442 g/mol. The molecule has 1 aromatic heterocycles. The van der Waals surface area contributed by atoms with E-state index in [0.717, 1.165) is 33.6 Å². The van der Waals surface area contributed by atoms with Gasteiger partial charge in [0.1, 0.15) is 17.5 Å². The van der Waals surface area contributed by atoms with Gasteiger partial charge in [0.05, 0.1) is 6.20 Å². The summed E-state index contributed by atoms with van der Waals surface area (Å²) in [6.45, 7) is 3.64. The van der Waals surface area contributed by atoms with E-state index in [1.165, 1.54) is 12.3 Å². The van der Waals surface area contributed by atoms with Crippen molar-refractivity contribution >= 4 is 34.4 Å². The van der Waals surface area contributed by atoms with Gasteiger partial charge < -0.3 is 15.2 Å². The monoisotopic (exact) mass is 463 g/mol. The van der Waals surface area contributed by atoms with Gasteiger partial charge in [0, 0.05) is 5.92 Å². The Morgan fingerprint density at radius 1 is 1.12 bits per heavy atom. The third kappa shape index (κ3) is 4.78. The van der Waals surface area contributed by atoms with Gasteiger partial charge in [0.15, 0.2) is 5.13 Å². The molecule has 2 aromatic carbocycles. The topological polar surface area (TPSA) is 118 Å². The Morgan fingerprint density at radius 2 is 1.76 bits per heavy atom. The fourth-order valence-corrected chi connectivity index (χ4v) is 4.48. The van der Waals surface area contributed by atoms with E-state index in [1.807, 2.05) is 36.4 Å². The van der Waals surface area contributed by atoms with E-state index >= 15 is 0 Å². The van der Waals surface area contributed by atoms with E-state index in [2.05, 4.69) is 34.3 Å². The first-order chi connectivity index (χ1) is 16.0. The van der Waals surface area contributed by atoms with Gasteiger partial charge in [-0.15, -0.1) is 6.58 Å². The van der Waals surface area contributed by atoms with Gasteiger partial charge in [-0.25, -0.2) is 14.6 Å². The average molecular weight is 464 g/mol. The van der Waals surface area contributed by atoms with Crippen molar-refractivity contribution in [3.8, 4) is 11.1 Å². The number of thiazole rings is 1. The van der Waals surface area contributed by atoms with Crippen LogP contribution in [0.25, 0.3) is 11.1 Å². The number of amides is 2. The van der Waals surface area contributed by atoms with Gasteiger partial charge in [-0.1, -0.05) is 65.9 Å². The molecule has 8 nitrogen and oxygen atoms in total. The Morgan fingerprint density at radius 3 is 2.36 bits per heavy atom. The van der Waals surface area contributed by atoms with Crippen LogP contribution in [0.4, 0.5) is 9.93 Å². The number of hydrogen-bond donors (Lipinski definition) is 3. The molecule has 33 heavy (non-hydrogen) atoms. The third-order valence-corrected chi connectivity index (χ3v) is 6.20. The molecule has 0 radical (unpaired) electrons. The van der Waals surface area contributed by atoms with Crippen LogP contribution in [-0.2, 0) is 9.53 Å². The summed E-state index contributed by atoms with van der Waals surface area (Å²) in [4.78, 5) is 40.0. The molecule has 9 heteroatoms. The average Bonchev–Trinajstić information content (AvgIpc) is 3.40. The third-order valence-electron chi connectivity index (χ3n) is 5.29. The minimum absolute atomic E-state index is 0.0707. The van der Waals surface area contributed by atoms with Crippen LogP contribution in [0.1, 0.15) is 33.1 Å². The van der Waals surface area contributed by atoms with Crippen molar-refractivity contribution in [1.82, 2.24) is 10.3 Å². The highest BCUT2D eigenvalue weighted by atomic mass is 32.1. The molecule has 3 N–H and O–H groups in total. The highest BCUT2D eigenvalue weighted by Crippen LogP contribution is 2.44. The molecule has 0 aliphatic heterocycles. The highest BCUT2D eigenvalue weighted by molar-refractivity contribution is 7.17. The van der Waals surface area contributed by atoms with Crippen molar-refractivity contribution in [1.29, 1.82) is 0 Å². The fourth-order valence-electron chi connectivity index (χ4n) is 3.78. The number of fused-ring (bicyclic) bond motifs is 3. The van der Waals surface area contributed by atoms with Crippen LogP contribution in [0.5, 0.6) is 0 Å². The van der Waals surface area contributed by atoms with Crippen LogP contribution in [-0.4, -0.2) is 40.7 Å². The second-order valence-electron chi connectivity index (χ2n) is 7.37. The van der Waals surface area contributed by atoms with Crippen molar-refractivity contribution in [2.75, 3.05) is 11.9 Å². The molecule has 1 aliphatic rings. The number of aliphatic carboxylic acids is 1. The minimum Gasteiger partial charge on any atom is -0.480 e. The molecule has 1 atom stereocenters. The molecule has 0 saturated carbocycles. The van der Waals surface area contributed by atoms with Crippen molar-refractivity contribution in [3.63, 3.8) is 0 Å². The first-order valence-electron chi connectivity index (χ1n) is 10.2.